The monoisotopic (exact) mass is 564 g/mol. The van der Waals surface area contributed by atoms with E-state index >= 15 is 0 Å². The molecule has 212 valence electrons. The van der Waals surface area contributed by atoms with Crippen LogP contribution in [0.5, 0.6) is 5.75 Å². The van der Waals surface area contributed by atoms with Crippen LogP contribution in [0.2, 0.25) is 0 Å². The average molecular weight is 565 g/mol. The van der Waals surface area contributed by atoms with Crippen LogP contribution in [0.3, 0.4) is 0 Å². The Hall–Kier alpha value is -3.37. The summed E-state index contributed by atoms with van der Waals surface area (Å²) in [4.78, 5) is 43.7. The number of aromatic nitrogens is 2. The van der Waals surface area contributed by atoms with E-state index < -0.39 is 0 Å². The van der Waals surface area contributed by atoms with Crippen molar-refractivity contribution in [2.75, 3.05) is 31.3 Å². The molecule has 0 radical (unpaired) electrons. The van der Waals surface area contributed by atoms with E-state index in [2.05, 4.69) is 10.6 Å². The van der Waals surface area contributed by atoms with E-state index in [-0.39, 0.29) is 41.1 Å². The van der Waals surface area contributed by atoms with Crippen LogP contribution in [0.4, 0.5) is 5.69 Å². The van der Waals surface area contributed by atoms with Crippen molar-refractivity contribution in [1.29, 1.82) is 0 Å². The molecular weight excluding hydrogens is 528 g/mol. The van der Waals surface area contributed by atoms with E-state index in [0.717, 1.165) is 45.1 Å². The summed E-state index contributed by atoms with van der Waals surface area (Å²) in [6.07, 6.45) is 5.51. The van der Waals surface area contributed by atoms with Gasteiger partial charge >= 0.3 is 0 Å². The van der Waals surface area contributed by atoms with E-state index in [0.29, 0.717) is 40.6 Å². The molecule has 2 heterocycles. The first-order chi connectivity index (χ1) is 19.5. The largest absolute Gasteiger partial charge is 0.497 e. The van der Waals surface area contributed by atoms with Gasteiger partial charge in [-0.15, -0.1) is 0 Å². The Balaban J connectivity index is 1.23. The van der Waals surface area contributed by atoms with E-state index in [1.54, 1.807) is 29.9 Å². The standard InChI is InChI=1S/C30H36N4O5S/c1-38-23-7-4-6-22(16-23)32-27(35)19-40-30-33-26-10-3-2-9-25(26)29(37)34(30)18-20-11-13-21(14-12-20)28(36)31-17-24-8-5-15-39-24/h2-4,6-7,9-10,16,20-21,24H,5,8,11-15,17-19H2,1H3,(H,31,36)(H,32,35)/t20?,21?,24-/m1/s1. The molecule has 0 spiro atoms. The summed E-state index contributed by atoms with van der Waals surface area (Å²) in [5, 5.41) is 7.05. The first-order valence-corrected chi connectivity index (χ1v) is 14.9. The third kappa shape index (κ3) is 7.03. The molecule has 1 saturated carbocycles. The molecule has 2 N–H and O–H groups in total. The van der Waals surface area contributed by atoms with E-state index in [1.165, 1.54) is 11.8 Å². The van der Waals surface area contributed by atoms with E-state index in [1.807, 2.05) is 30.3 Å². The number of benzene rings is 2. The van der Waals surface area contributed by atoms with Crippen LogP contribution in [-0.2, 0) is 20.9 Å². The minimum absolute atomic E-state index is 0.00162. The molecule has 5 rings (SSSR count). The third-order valence-corrected chi connectivity index (χ3v) is 8.68. The van der Waals surface area contributed by atoms with Gasteiger partial charge in [0.15, 0.2) is 5.16 Å². The summed E-state index contributed by atoms with van der Waals surface area (Å²) < 4.78 is 12.6. The van der Waals surface area contributed by atoms with Crippen LogP contribution in [-0.4, -0.2) is 53.5 Å². The van der Waals surface area contributed by atoms with Crippen molar-refractivity contribution in [3.63, 3.8) is 0 Å². The average Bonchev–Trinajstić information content (AvgIpc) is 3.51. The van der Waals surface area contributed by atoms with Crippen molar-refractivity contribution in [2.45, 2.75) is 56.3 Å². The number of para-hydroxylation sites is 1. The molecule has 1 atom stereocenters. The number of anilines is 1. The van der Waals surface area contributed by atoms with Gasteiger partial charge in [-0.2, -0.15) is 0 Å². The second kappa shape index (κ2) is 13.3. The second-order valence-electron chi connectivity index (χ2n) is 10.5. The molecule has 9 nitrogen and oxygen atoms in total. The number of nitrogens with zero attached hydrogens (tertiary/aromatic N) is 2. The van der Waals surface area contributed by atoms with Crippen molar-refractivity contribution >= 4 is 40.2 Å². The summed E-state index contributed by atoms with van der Waals surface area (Å²) >= 11 is 1.26. The van der Waals surface area contributed by atoms with Crippen LogP contribution < -0.4 is 20.9 Å². The van der Waals surface area contributed by atoms with Crippen LogP contribution in [0, 0.1) is 11.8 Å². The minimum atomic E-state index is -0.193. The fourth-order valence-corrected chi connectivity index (χ4v) is 6.28. The topological polar surface area (TPSA) is 112 Å². The number of ether oxygens (including phenoxy) is 2. The highest BCUT2D eigenvalue weighted by Gasteiger charge is 2.28. The summed E-state index contributed by atoms with van der Waals surface area (Å²) in [5.74, 6) is 0.940. The number of nitrogens with one attached hydrogen (secondary N) is 2. The number of rotatable bonds is 10. The number of carbonyl (C=O) groups excluding carboxylic acids is 2. The third-order valence-electron chi connectivity index (χ3n) is 7.70. The zero-order chi connectivity index (χ0) is 27.9. The van der Waals surface area contributed by atoms with E-state index in [4.69, 9.17) is 14.5 Å². The van der Waals surface area contributed by atoms with Crippen molar-refractivity contribution in [1.82, 2.24) is 14.9 Å². The molecule has 2 amide bonds. The summed E-state index contributed by atoms with van der Waals surface area (Å²) in [6, 6.07) is 14.5. The predicted molar refractivity (Wildman–Crippen MR) is 156 cm³/mol. The van der Waals surface area contributed by atoms with Crippen LogP contribution in [0.25, 0.3) is 10.9 Å². The fourth-order valence-electron chi connectivity index (χ4n) is 5.48. The number of fused-ring (bicyclic) bond motifs is 1. The minimum Gasteiger partial charge on any atom is -0.497 e. The van der Waals surface area contributed by atoms with Gasteiger partial charge in [-0.25, -0.2) is 4.98 Å². The maximum Gasteiger partial charge on any atom is 0.262 e. The Kier molecular flexibility index (Phi) is 9.38. The Morgan fingerprint density at radius 3 is 2.70 bits per heavy atom. The van der Waals surface area contributed by atoms with Crippen molar-refractivity contribution < 1.29 is 19.1 Å². The van der Waals surface area contributed by atoms with Gasteiger partial charge < -0.3 is 20.1 Å². The molecule has 1 aliphatic carbocycles. The Labute approximate surface area is 238 Å². The van der Waals surface area contributed by atoms with Crippen LogP contribution in [0.15, 0.2) is 58.5 Å². The molecule has 1 saturated heterocycles. The molecule has 0 bridgehead atoms. The molecule has 2 fully saturated rings. The Morgan fingerprint density at radius 2 is 1.93 bits per heavy atom. The molecule has 1 aliphatic heterocycles. The number of amides is 2. The molecule has 1 aromatic heterocycles. The van der Waals surface area contributed by atoms with Gasteiger partial charge in [0, 0.05) is 37.4 Å². The maximum atomic E-state index is 13.5. The number of methoxy groups -OCH3 is 1. The maximum absolute atomic E-state index is 13.5. The van der Waals surface area contributed by atoms with Gasteiger partial charge in [0.1, 0.15) is 5.75 Å². The molecule has 40 heavy (non-hydrogen) atoms. The number of hydrogen-bond acceptors (Lipinski definition) is 7. The van der Waals surface area contributed by atoms with Crippen molar-refractivity contribution in [3.8, 4) is 5.75 Å². The smallest absolute Gasteiger partial charge is 0.262 e. The Bertz CT molecular complexity index is 1400. The van der Waals surface area contributed by atoms with Crippen LogP contribution in [0.1, 0.15) is 38.5 Å². The first-order valence-electron chi connectivity index (χ1n) is 14.0. The molecule has 0 unspecified atom stereocenters. The highest BCUT2D eigenvalue weighted by molar-refractivity contribution is 7.99. The van der Waals surface area contributed by atoms with Gasteiger partial charge in [0.05, 0.1) is 29.9 Å². The fraction of sp³-hybridized carbons (Fsp3) is 0.467. The van der Waals surface area contributed by atoms with Gasteiger partial charge in [-0.05, 0) is 68.7 Å². The van der Waals surface area contributed by atoms with Gasteiger partial charge in [0.25, 0.3) is 5.56 Å². The molecule has 2 aliphatic rings. The molecule has 3 aromatic rings. The lowest BCUT2D eigenvalue weighted by molar-refractivity contribution is -0.126. The van der Waals surface area contributed by atoms with Gasteiger partial charge in [-0.3, -0.25) is 19.0 Å². The zero-order valence-corrected chi connectivity index (χ0v) is 23.6. The lowest BCUT2D eigenvalue weighted by Crippen LogP contribution is -2.38. The zero-order valence-electron chi connectivity index (χ0n) is 22.8. The predicted octanol–water partition coefficient (Wildman–Crippen LogP) is 4.24. The van der Waals surface area contributed by atoms with Crippen LogP contribution >= 0.6 is 11.8 Å². The lowest BCUT2D eigenvalue weighted by atomic mass is 9.81. The Morgan fingerprint density at radius 1 is 1.10 bits per heavy atom. The molecule has 2 aromatic carbocycles. The molecule has 10 heteroatoms. The van der Waals surface area contributed by atoms with Crippen molar-refractivity contribution in [2.24, 2.45) is 11.8 Å². The summed E-state index contributed by atoms with van der Waals surface area (Å²) in [5.41, 5.74) is 1.16. The SMILES string of the molecule is COc1cccc(NC(=O)CSc2nc3ccccc3c(=O)n2CC2CCC(C(=O)NC[C@H]3CCCO3)CC2)c1. The highest BCUT2D eigenvalue weighted by Crippen LogP contribution is 2.31. The quantitative estimate of drug-likeness (QED) is 0.280. The highest BCUT2D eigenvalue weighted by atomic mass is 32.2. The second-order valence-corrected chi connectivity index (χ2v) is 11.4. The van der Waals surface area contributed by atoms with Gasteiger partial charge in [0.2, 0.25) is 11.8 Å². The van der Waals surface area contributed by atoms with Crippen molar-refractivity contribution in [3.05, 3.63) is 58.9 Å². The molecular formula is C30H36N4O5S. The summed E-state index contributed by atoms with van der Waals surface area (Å²) in [7, 11) is 1.58. The normalized spacial score (nSPS) is 20.8. The lowest BCUT2D eigenvalue weighted by Gasteiger charge is -2.29. The van der Waals surface area contributed by atoms with Gasteiger partial charge in [-0.1, -0.05) is 30.0 Å². The van der Waals surface area contributed by atoms with E-state index in [9.17, 15) is 14.4 Å². The number of thioether (sulfide) groups is 1. The number of hydrogen-bond donors (Lipinski definition) is 2. The summed E-state index contributed by atoms with van der Waals surface area (Å²) in [6.45, 7) is 1.88. The number of carbonyl (C=O) groups is 2. The first kappa shape index (κ1) is 28.2.